The molecule has 24 heavy (non-hydrogen) atoms. The molecule has 0 aliphatic rings. The molecule has 2 aromatic carbocycles. The maximum atomic E-state index is 5.39. The summed E-state index contributed by atoms with van der Waals surface area (Å²) in [4.78, 5) is 6.66. The van der Waals surface area contributed by atoms with Crippen molar-refractivity contribution in [3.63, 3.8) is 0 Å². The molecule has 0 aliphatic carbocycles. The molecule has 0 amide bonds. The molecule has 4 nitrogen and oxygen atoms in total. The number of aryl methyl sites for hydroxylation is 1. The normalized spacial score (nSPS) is 11.2. The first-order valence-corrected chi connectivity index (χ1v) is 8.78. The molecule has 0 fully saturated rings. The lowest BCUT2D eigenvalue weighted by molar-refractivity contribution is 0.261. The Bertz CT molecular complexity index is 781. The second-order valence-corrected chi connectivity index (χ2v) is 6.78. The van der Waals surface area contributed by atoms with Crippen molar-refractivity contribution in [1.29, 1.82) is 0 Å². The van der Waals surface area contributed by atoms with Gasteiger partial charge in [0.15, 0.2) is 0 Å². The third-order valence-corrected chi connectivity index (χ3v) is 4.39. The molecule has 0 aliphatic heterocycles. The highest BCUT2D eigenvalue weighted by Gasteiger charge is 2.11. The molecule has 0 saturated carbocycles. The molecule has 0 radical (unpaired) electrons. The number of hydrogen-bond acceptors (Lipinski definition) is 4. The summed E-state index contributed by atoms with van der Waals surface area (Å²) >= 11 is 3.45. The van der Waals surface area contributed by atoms with Crippen molar-refractivity contribution in [3.05, 3.63) is 70.0 Å². The van der Waals surface area contributed by atoms with Crippen molar-refractivity contribution in [1.82, 2.24) is 15.0 Å². The van der Waals surface area contributed by atoms with Crippen LogP contribution in [-0.4, -0.2) is 22.1 Å². The van der Waals surface area contributed by atoms with Gasteiger partial charge >= 0.3 is 0 Å². The van der Waals surface area contributed by atoms with Crippen LogP contribution < -0.4 is 0 Å². The summed E-state index contributed by atoms with van der Waals surface area (Å²) in [7, 11) is 2.04. The van der Waals surface area contributed by atoms with Crippen LogP contribution in [0.4, 0.5) is 0 Å². The Morgan fingerprint density at radius 3 is 2.29 bits per heavy atom. The average molecular weight is 386 g/mol. The van der Waals surface area contributed by atoms with E-state index in [4.69, 9.17) is 4.52 Å². The monoisotopic (exact) mass is 385 g/mol. The molecule has 0 spiro atoms. The van der Waals surface area contributed by atoms with Crippen LogP contribution in [0.2, 0.25) is 0 Å². The van der Waals surface area contributed by atoms with Crippen molar-refractivity contribution in [3.8, 4) is 11.4 Å². The van der Waals surface area contributed by atoms with Crippen molar-refractivity contribution in [2.75, 3.05) is 7.05 Å². The summed E-state index contributed by atoms with van der Waals surface area (Å²) in [6.07, 6.45) is 1.03. The van der Waals surface area contributed by atoms with Gasteiger partial charge in [0.05, 0.1) is 6.54 Å². The van der Waals surface area contributed by atoms with Crippen molar-refractivity contribution in [2.24, 2.45) is 0 Å². The van der Waals surface area contributed by atoms with Crippen molar-refractivity contribution in [2.45, 2.75) is 26.4 Å². The zero-order valence-electron chi connectivity index (χ0n) is 13.9. The summed E-state index contributed by atoms with van der Waals surface area (Å²) in [5, 5.41) is 4.09. The first kappa shape index (κ1) is 16.9. The van der Waals surface area contributed by atoms with Crippen molar-refractivity contribution >= 4 is 15.9 Å². The van der Waals surface area contributed by atoms with E-state index in [2.05, 4.69) is 62.2 Å². The van der Waals surface area contributed by atoms with E-state index < -0.39 is 0 Å². The summed E-state index contributed by atoms with van der Waals surface area (Å²) in [5.41, 5.74) is 3.53. The average Bonchev–Trinajstić information content (AvgIpc) is 3.05. The lowest BCUT2D eigenvalue weighted by atomic mass is 10.1. The standard InChI is InChI=1S/C19H20BrN3O/c1-3-14-4-8-16(9-5-14)19-21-18(24-22-19)13-23(2)12-15-6-10-17(20)11-7-15/h4-11H,3,12-13H2,1-2H3. The zero-order chi connectivity index (χ0) is 16.9. The number of halogens is 1. The second-order valence-electron chi connectivity index (χ2n) is 5.86. The lowest BCUT2D eigenvalue weighted by Crippen LogP contribution is -2.17. The fraction of sp³-hybridized carbons (Fsp3) is 0.263. The Balaban J connectivity index is 1.63. The predicted molar refractivity (Wildman–Crippen MR) is 98.4 cm³/mol. The predicted octanol–water partition coefficient (Wildman–Crippen LogP) is 4.69. The highest BCUT2D eigenvalue weighted by atomic mass is 79.9. The second kappa shape index (κ2) is 7.73. The Labute approximate surface area is 150 Å². The van der Waals surface area contributed by atoms with E-state index in [1.165, 1.54) is 11.1 Å². The van der Waals surface area contributed by atoms with Gasteiger partial charge in [0.1, 0.15) is 0 Å². The maximum Gasteiger partial charge on any atom is 0.241 e. The summed E-state index contributed by atoms with van der Waals surface area (Å²) in [6.45, 7) is 3.59. The Morgan fingerprint density at radius 2 is 1.62 bits per heavy atom. The molecule has 124 valence electrons. The van der Waals surface area contributed by atoms with Crippen LogP contribution in [-0.2, 0) is 19.5 Å². The van der Waals surface area contributed by atoms with E-state index in [-0.39, 0.29) is 0 Å². The molecule has 0 unspecified atom stereocenters. The van der Waals surface area contributed by atoms with Crippen LogP contribution in [0.25, 0.3) is 11.4 Å². The van der Waals surface area contributed by atoms with Gasteiger partial charge in [-0.2, -0.15) is 4.98 Å². The minimum Gasteiger partial charge on any atom is -0.338 e. The SMILES string of the molecule is CCc1ccc(-c2noc(CN(C)Cc3ccc(Br)cc3)n2)cc1. The van der Waals surface area contributed by atoms with Crippen LogP contribution in [0, 0.1) is 0 Å². The van der Waals surface area contributed by atoms with Gasteiger partial charge in [0.2, 0.25) is 11.7 Å². The highest BCUT2D eigenvalue weighted by molar-refractivity contribution is 9.10. The Kier molecular flexibility index (Phi) is 5.43. The van der Waals surface area contributed by atoms with Crippen LogP contribution in [0.5, 0.6) is 0 Å². The number of rotatable bonds is 6. The van der Waals surface area contributed by atoms with Crippen LogP contribution in [0.15, 0.2) is 57.5 Å². The van der Waals surface area contributed by atoms with Gasteiger partial charge < -0.3 is 4.52 Å². The molecule has 5 heteroatoms. The van der Waals surface area contributed by atoms with Gasteiger partial charge in [-0.25, -0.2) is 0 Å². The molecule has 1 aromatic heterocycles. The number of hydrogen-bond donors (Lipinski definition) is 0. The van der Waals surface area contributed by atoms with E-state index in [0.717, 1.165) is 23.0 Å². The first-order chi connectivity index (χ1) is 11.6. The van der Waals surface area contributed by atoms with E-state index in [9.17, 15) is 0 Å². The quantitative estimate of drug-likeness (QED) is 0.616. The number of benzene rings is 2. The lowest BCUT2D eigenvalue weighted by Gasteiger charge is -2.14. The molecule has 3 aromatic rings. The van der Waals surface area contributed by atoms with E-state index in [1.807, 2.05) is 31.3 Å². The third kappa shape index (κ3) is 4.30. The fourth-order valence-electron chi connectivity index (χ4n) is 2.51. The Hall–Kier alpha value is -1.98. The van der Waals surface area contributed by atoms with Crippen LogP contribution in [0.3, 0.4) is 0 Å². The Morgan fingerprint density at radius 1 is 0.958 bits per heavy atom. The van der Waals surface area contributed by atoms with E-state index in [0.29, 0.717) is 18.3 Å². The van der Waals surface area contributed by atoms with E-state index in [1.54, 1.807) is 0 Å². The molecule has 0 atom stereocenters. The highest BCUT2D eigenvalue weighted by Crippen LogP contribution is 2.18. The molecule has 0 N–H and O–H groups in total. The van der Waals surface area contributed by atoms with Crippen LogP contribution in [0.1, 0.15) is 23.9 Å². The van der Waals surface area contributed by atoms with Gasteiger partial charge in [-0.15, -0.1) is 0 Å². The topological polar surface area (TPSA) is 42.2 Å². The van der Waals surface area contributed by atoms with Gasteiger partial charge in [-0.3, -0.25) is 4.90 Å². The van der Waals surface area contributed by atoms with Crippen molar-refractivity contribution < 1.29 is 4.52 Å². The molecular formula is C19H20BrN3O. The minimum atomic E-state index is 0.621. The summed E-state index contributed by atoms with van der Waals surface area (Å²) in [6, 6.07) is 16.6. The fourth-order valence-corrected chi connectivity index (χ4v) is 2.78. The van der Waals surface area contributed by atoms with Gasteiger partial charge in [0.25, 0.3) is 0 Å². The smallest absolute Gasteiger partial charge is 0.241 e. The summed E-state index contributed by atoms with van der Waals surface area (Å²) in [5.74, 6) is 1.27. The zero-order valence-corrected chi connectivity index (χ0v) is 15.5. The number of nitrogens with zero attached hydrogens (tertiary/aromatic N) is 3. The maximum absolute atomic E-state index is 5.39. The number of aromatic nitrogens is 2. The van der Waals surface area contributed by atoms with Gasteiger partial charge in [-0.05, 0) is 36.7 Å². The third-order valence-electron chi connectivity index (χ3n) is 3.86. The largest absolute Gasteiger partial charge is 0.338 e. The minimum absolute atomic E-state index is 0.621. The molecule has 1 heterocycles. The molecule has 0 bridgehead atoms. The molecular weight excluding hydrogens is 366 g/mol. The first-order valence-electron chi connectivity index (χ1n) is 7.99. The summed E-state index contributed by atoms with van der Waals surface area (Å²) < 4.78 is 6.48. The van der Waals surface area contributed by atoms with Gasteiger partial charge in [-0.1, -0.05) is 64.4 Å². The van der Waals surface area contributed by atoms with E-state index >= 15 is 0 Å². The van der Waals surface area contributed by atoms with Crippen LogP contribution >= 0.6 is 15.9 Å². The van der Waals surface area contributed by atoms with Gasteiger partial charge in [0, 0.05) is 16.6 Å². The molecule has 0 saturated heterocycles. The molecule has 3 rings (SSSR count).